The van der Waals surface area contributed by atoms with Gasteiger partial charge in [-0.15, -0.1) is 0 Å². The van der Waals surface area contributed by atoms with Crippen molar-refractivity contribution in [3.8, 4) is 0 Å². The maximum Gasteiger partial charge on any atom is 0.137 e. The summed E-state index contributed by atoms with van der Waals surface area (Å²) < 4.78 is 5.98. The van der Waals surface area contributed by atoms with Crippen LogP contribution in [0.1, 0.15) is 22.9 Å². The lowest BCUT2D eigenvalue weighted by molar-refractivity contribution is 0.434. The molecule has 1 heterocycles. The Morgan fingerprint density at radius 3 is 2.60 bits per heavy atom. The molecular weight excluding hydrogens is 248 g/mol. The Bertz CT molecular complexity index is 703. The van der Waals surface area contributed by atoms with E-state index in [-0.39, 0.29) is 6.04 Å². The van der Waals surface area contributed by atoms with Crippen molar-refractivity contribution < 1.29 is 4.42 Å². The van der Waals surface area contributed by atoms with Gasteiger partial charge in [0, 0.05) is 5.39 Å². The van der Waals surface area contributed by atoms with Gasteiger partial charge < -0.3 is 4.42 Å². The van der Waals surface area contributed by atoms with Gasteiger partial charge in [-0.1, -0.05) is 48.5 Å². The number of aryl methyl sites for hydroxylation is 1. The molecule has 3 nitrogen and oxygen atoms in total. The van der Waals surface area contributed by atoms with Gasteiger partial charge in [0.1, 0.15) is 11.3 Å². The minimum atomic E-state index is -0.0239. The van der Waals surface area contributed by atoms with E-state index >= 15 is 0 Å². The number of furan rings is 1. The van der Waals surface area contributed by atoms with Crippen LogP contribution in [0.15, 0.2) is 59.0 Å². The minimum absolute atomic E-state index is 0.0239. The molecule has 3 N–H and O–H groups in total. The number of hydrazine groups is 1. The minimum Gasteiger partial charge on any atom is -0.459 e. The summed E-state index contributed by atoms with van der Waals surface area (Å²) in [7, 11) is 0. The van der Waals surface area contributed by atoms with Crippen molar-refractivity contribution in [2.24, 2.45) is 5.84 Å². The monoisotopic (exact) mass is 266 g/mol. The molecule has 3 rings (SSSR count). The third kappa shape index (κ3) is 2.46. The van der Waals surface area contributed by atoms with E-state index < -0.39 is 0 Å². The van der Waals surface area contributed by atoms with Crippen LogP contribution >= 0.6 is 0 Å². The van der Waals surface area contributed by atoms with Crippen LogP contribution in [0.5, 0.6) is 0 Å². The normalized spacial score (nSPS) is 12.7. The van der Waals surface area contributed by atoms with Gasteiger partial charge in [0.2, 0.25) is 0 Å². The van der Waals surface area contributed by atoms with Gasteiger partial charge in [-0.2, -0.15) is 0 Å². The fourth-order valence-corrected chi connectivity index (χ4v) is 2.49. The van der Waals surface area contributed by atoms with Gasteiger partial charge in [0.15, 0.2) is 0 Å². The van der Waals surface area contributed by atoms with Crippen LogP contribution in [0, 0.1) is 6.92 Å². The Balaban J connectivity index is 1.93. The van der Waals surface area contributed by atoms with Crippen LogP contribution in [-0.2, 0) is 6.42 Å². The van der Waals surface area contributed by atoms with E-state index in [1.807, 2.05) is 24.3 Å². The number of hydrogen-bond acceptors (Lipinski definition) is 3. The molecule has 2 aromatic carbocycles. The fourth-order valence-electron chi connectivity index (χ4n) is 2.49. The summed E-state index contributed by atoms with van der Waals surface area (Å²) in [5.74, 6) is 6.58. The number of hydrogen-bond donors (Lipinski definition) is 2. The average Bonchev–Trinajstić information content (AvgIpc) is 2.91. The van der Waals surface area contributed by atoms with Gasteiger partial charge in [-0.3, -0.25) is 5.84 Å². The first kappa shape index (κ1) is 12.9. The summed E-state index contributed by atoms with van der Waals surface area (Å²) in [6.07, 6.45) is 0.802. The summed E-state index contributed by atoms with van der Waals surface area (Å²) >= 11 is 0. The van der Waals surface area contributed by atoms with E-state index in [9.17, 15) is 0 Å². The zero-order chi connectivity index (χ0) is 13.9. The SMILES string of the molecule is Cc1cccc2cc(C(Cc3ccccc3)NN)oc12. The molecular formula is C17H18N2O. The van der Waals surface area contributed by atoms with E-state index in [1.54, 1.807) is 0 Å². The molecule has 1 atom stereocenters. The quantitative estimate of drug-likeness (QED) is 0.561. The molecule has 3 heteroatoms. The van der Waals surface area contributed by atoms with Gasteiger partial charge >= 0.3 is 0 Å². The maximum atomic E-state index is 5.98. The summed E-state index contributed by atoms with van der Waals surface area (Å²) in [4.78, 5) is 0. The van der Waals surface area contributed by atoms with E-state index in [2.05, 4.69) is 42.7 Å². The molecule has 0 saturated heterocycles. The molecule has 0 aliphatic heterocycles. The molecule has 3 aromatic rings. The number of fused-ring (bicyclic) bond motifs is 1. The average molecular weight is 266 g/mol. The molecule has 102 valence electrons. The molecule has 0 bridgehead atoms. The van der Waals surface area contributed by atoms with Crippen LogP contribution in [0.25, 0.3) is 11.0 Å². The second kappa shape index (κ2) is 5.49. The van der Waals surface area contributed by atoms with E-state index in [1.165, 1.54) is 5.56 Å². The largest absolute Gasteiger partial charge is 0.459 e. The second-order valence-electron chi connectivity index (χ2n) is 5.05. The van der Waals surface area contributed by atoms with Crippen molar-refractivity contribution in [3.63, 3.8) is 0 Å². The van der Waals surface area contributed by atoms with Gasteiger partial charge in [-0.25, -0.2) is 5.43 Å². The van der Waals surface area contributed by atoms with Gasteiger partial charge in [0.05, 0.1) is 6.04 Å². The van der Waals surface area contributed by atoms with Crippen LogP contribution in [0.2, 0.25) is 0 Å². The second-order valence-corrected chi connectivity index (χ2v) is 5.05. The van der Waals surface area contributed by atoms with Crippen LogP contribution in [-0.4, -0.2) is 0 Å². The molecule has 0 fully saturated rings. The molecule has 0 aliphatic rings. The maximum absolute atomic E-state index is 5.98. The van der Waals surface area contributed by atoms with Gasteiger partial charge in [-0.05, 0) is 30.5 Å². The number of benzene rings is 2. The van der Waals surface area contributed by atoms with E-state index in [0.29, 0.717) is 0 Å². The van der Waals surface area contributed by atoms with Crippen LogP contribution < -0.4 is 11.3 Å². The highest BCUT2D eigenvalue weighted by atomic mass is 16.3. The zero-order valence-electron chi connectivity index (χ0n) is 11.5. The molecule has 1 unspecified atom stereocenters. The van der Waals surface area contributed by atoms with Crippen molar-refractivity contribution >= 4 is 11.0 Å². The van der Waals surface area contributed by atoms with Crippen molar-refractivity contribution in [1.82, 2.24) is 5.43 Å². The number of para-hydroxylation sites is 1. The lowest BCUT2D eigenvalue weighted by Crippen LogP contribution is -2.29. The molecule has 0 saturated carbocycles. The molecule has 0 spiro atoms. The molecule has 20 heavy (non-hydrogen) atoms. The highest BCUT2D eigenvalue weighted by molar-refractivity contribution is 5.81. The Morgan fingerprint density at radius 1 is 1.10 bits per heavy atom. The van der Waals surface area contributed by atoms with Crippen molar-refractivity contribution in [2.45, 2.75) is 19.4 Å². The topological polar surface area (TPSA) is 51.2 Å². The van der Waals surface area contributed by atoms with Crippen LogP contribution in [0.3, 0.4) is 0 Å². The smallest absolute Gasteiger partial charge is 0.137 e. The first-order valence-corrected chi connectivity index (χ1v) is 6.77. The first-order chi connectivity index (χ1) is 9.78. The van der Waals surface area contributed by atoms with Crippen molar-refractivity contribution in [2.75, 3.05) is 0 Å². The zero-order valence-corrected chi connectivity index (χ0v) is 11.5. The molecule has 0 amide bonds. The number of nitrogens with one attached hydrogen (secondary N) is 1. The standard InChI is InChI=1S/C17H18N2O/c1-12-6-5-9-14-11-16(20-17(12)14)15(19-18)10-13-7-3-2-4-8-13/h2-9,11,15,19H,10,18H2,1H3. The van der Waals surface area contributed by atoms with E-state index in [0.717, 1.165) is 28.7 Å². The third-order valence-corrected chi connectivity index (χ3v) is 3.59. The Morgan fingerprint density at radius 2 is 1.90 bits per heavy atom. The molecule has 1 aromatic heterocycles. The van der Waals surface area contributed by atoms with Crippen molar-refractivity contribution in [1.29, 1.82) is 0 Å². The van der Waals surface area contributed by atoms with Gasteiger partial charge in [0.25, 0.3) is 0 Å². The molecule has 0 aliphatic carbocycles. The lowest BCUT2D eigenvalue weighted by Gasteiger charge is -2.13. The highest BCUT2D eigenvalue weighted by Crippen LogP contribution is 2.27. The highest BCUT2D eigenvalue weighted by Gasteiger charge is 2.16. The fraction of sp³-hybridized carbons (Fsp3) is 0.176. The summed E-state index contributed by atoms with van der Waals surface area (Å²) in [5, 5.41) is 1.12. The predicted molar refractivity (Wildman–Crippen MR) is 81.2 cm³/mol. The Hall–Kier alpha value is -2.10. The number of rotatable bonds is 4. The predicted octanol–water partition coefficient (Wildman–Crippen LogP) is 3.49. The number of nitrogens with two attached hydrogens (primary N) is 1. The third-order valence-electron chi connectivity index (χ3n) is 3.59. The summed E-state index contributed by atoms with van der Waals surface area (Å²) in [5.41, 5.74) is 6.17. The van der Waals surface area contributed by atoms with Crippen LogP contribution in [0.4, 0.5) is 0 Å². The molecule has 0 radical (unpaired) electrons. The Labute approximate surface area is 118 Å². The summed E-state index contributed by atoms with van der Waals surface area (Å²) in [6.45, 7) is 2.05. The first-order valence-electron chi connectivity index (χ1n) is 6.77. The summed E-state index contributed by atoms with van der Waals surface area (Å²) in [6, 6.07) is 18.5. The van der Waals surface area contributed by atoms with Crippen molar-refractivity contribution in [3.05, 3.63) is 71.5 Å². The Kier molecular flexibility index (Phi) is 3.54. The van der Waals surface area contributed by atoms with E-state index in [4.69, 9.17) is 10.3 Å². The lowest BCUT2D eigenvalue weighted by atomic mass is 10.0.